The molecule has 0 aliphatic rings. The minimum Gasteiger partial charge on any atom is -0.310 e. The zero-order valence-electron chi connectivity index (χ0n) is 33.6. The lowest BCUT2D eigenvalue weighted by atomic mass is 9.89. The molecule has 0 amide bonds. The lowest BCUT2D eigenvalue weighted by Crippen LogP contribution is -2.11. The summed E-state index contributed by atoms with van der Waals surface area (Å²) < 4.78 is 0. The van der Waals surface area contributed by atoms with Crippen LogP contribution in [-0.4, -0.2) is 0 Å². The summed E-state index contributed by atoms with van der Waals surface area (Å²) in [6, 6.07) is 90.4. The van der Waals surface area contributed by atoms with Crippen LogP contribution < -0.4 is 4.90 Å². The summed E-state index contributed by atoms with van der Waals surface area (Å²) in [6.07, 6.45) is 0. The highest BCUT2D eigenvalue weighted by molar-refractivity contribution is 6.14. The standard InChI is InChI=1S/C60H41N/c1-3-15-42(16-4-1)43-27-29-45(30-28-43)53-22-13-14-26-59(53)61(51-38-33-47(34-39-51)58-41-49-20-8-9-21-52(49)56-24-11-12-25-57(56)58)50-36-31-46(32-37-50)55-40-35-44-17-7-10-23-54(44)60(55)48-18-5-2-6-19-48/h1-41H. The van der Waals surface area contributed by atoms with Crippen molar-refractivity contribution in [3.8, 4) is 55.6 Å². The first-order valence-electron chi connectivity index (χ1n) is 21.0. The van der Waals surface area contributed by atoms with Gasteiger partial charge < -0.3 is 4.90 Å². The molecule has 0 aliphatic carbocycles. The van der Waals surface area contributed by atoms with Crippen molar-refractivity contribution in [1.29, 1.82) is 0 Å². The van der Waals surface area contributed by atoms with Gasteiger partial charge in [-0.05, 0) is 119 Å². The molecule has 286 valence electrons. The average molecular weight is 776 g/mol. The third-order valence-electron chi connectivity index (χ3n) is 12.1. The molecule has 0 unspecified atom stereocenters. The molecule has 0 spiro atoms. The Kier molecular flexibility index (Phi) is 9.26. The smallest absolute Gasteiger partial charge is 0.0540 e. The molecule has 0 aromatic heterocycles. The summed E-state index contributed by atoms with van der Waals surface area (Å²) in [4.78, 5) is 2.41. The van der Waals surface area contributed by atoms with E-state index in [0.717, 1.165) is 22.6 Å². The van der Waals surface area contributed by atoms with E-state index in [2.05, 4.69) is 254 Å². The fourth-order valence-electron chi connectivity index (χ4n) is 9.11. The van der Waals surface area contributed by atoms with Gasteiger partial charge in [0.05, 0.1) is 5.69 Å². The van der Waals surface area contributed by atoms with Crippen molar-refractivity contribution in [2.24, 2.45) is 0 Å². The van der Waals surface area contributed by atoms with Crippen molar-refractivity contribution < 1.29 is 0 Å². The molecule has 1 heteroatoms. The largest absolute Gasteiger partial charge is 0.310 e. The Labute approximate surface area is 357 Å². The predicted molar refractivity (Wildman–Crippen MR) is 261 cm³/mol. The van der Waals surface area contributed by atoms with Gasteiger partial charge in [-0.25, -0.2) is 0 Å². The zero-order chi connectivity index (χ0) is 40.5. The van der Waals surface area contributed by atoms with Crippen LogP contribution in [0.2, 0.25) is 0 Å². The van der Waals surface area contributed by atoms with Gasteiger partial charge in [0.2, 0.25) is 0 Å². The second-order valence-electron chi connectivity index (χ2n) is 15.7. The van der Waals surface area contributed by atoms with Gasteiger partial charge >= 0.3 is 0 Å². The molecular weight excluding hydrogens is 735 g/mol. The number of rotatable bonds is 8. The van der Waals surface area contributed by atoms with Crippen molar-refractivity contribution in [2.75, 3.05) is 4.90 Å². The number of anilines is 3. The van der Waals surface area contributed by atoms with Crippen LogP contribution in [-0.2, 0) is 0 Å². The van der Waals surface area contributed by atoms with Crippen LogP contribution in [0.3, 0.4) is 0 Å². The summed E-state index contributed by atoms with van der Waals surface area (Å²) in [5, 5.41) is 7.55. The molecule has 0 heterocycles. The van der Waals surface area contributed by atoms with Crippen LogP contribution in [0.25, 0.3) is 88.0 Å². The maximum Gasteiger partial charge on any atom is 0.0540 e. The van der Waals surface area contributed by atoms with E-state index < -0.39 is 0 Å². The number of nitrogens with zero attached hydrogens (tertiary/aromatic N) is 1. The summed E-state index contributed by atoms with van der Waals surface area (Å²) >= 11 is 0. The fourth-order valence-corrected chi connectivity index (χ4v) is 9.11. The highest BCUT2D eigenvalue weighted by Crippen LogP contribution is 2.44. The third kappa shape index (κ3) is 6.73. The van der Waals surface area contributed by atoms with Crippen molar-refractivity contribution >= 4 is 49.4 Å². The van der Waals surface area contributed by atoms with Crippen LogP contribution in [0.4, 0.5) is 17.1 Å². The van der Waals surface area contributed by atoms with Crippen molar-refractivity contribution in [1.82, 2.24) is 0 Å². The van der Waals surface area contributed by atoms with E-state index in [1.807, 2.05) is 0 Å². The van der Waals surface area contributed by atoms with Gasteiger partial charge in [0.1, 0.15) is 0 Å². The van der Waals surface area contributed by atoms with Crippen molar-refractivity contribution in [3.63, 3.8) is 0 Å². The Balaban J connectivity index is 1.04. The van der Waals surface area contributed by atoms with E-state index in [9.17, 15) is 0 Å². The van der Waals surface area contributed by atoms with Crippen molar-refractivity contribution in [2.45, 2.75) is 0 Å². The Morgan fingerprint density at radius 1 is 0.230 bits per heavy atom. The molecule has 0 N–H and O–H groups in total. The van der Waals surface area contributed by atoms with Gasteiger partial charge in [-0.2, -0.15) is 0 Å². The molecule has 0 radical (unpaired) electrons. The first-order valence-corrected chi connectivity index (χ1v) is 21.0. The van der Waals surface area contributed by atoms with Gasteiger partial charge in [-0.15, -0.1) is 0 Å². The van der Waals surface area contributed by atoms with E-state index in [0.29, 0.717) is 0 Å². The van der Waals surface area contributed by atoms with E-state index in [1.165, 1.54) is 82.4 Å². The molecule has 11 aromatic rings. The van der Waals surface area contributed by atoms with Crippen LogP contribution in [0.5, 0.6) is 0 Å². The molecule has 0 bridgehead atoms. The van der Waals surface area contributed by atoms with Gasteiger partial charge in [0.25, 0.3) is 0 Å². The van der Waals surface area contributed by atoms with Gasteiger partial charge in [-0.3, -0.25) is 0 Å². The molecular formula is C60H41N. The molecule has 0 saturated heterocycles. The number of para-hydroxylation sites is 1. The average Bonchev–Trinajstić information content (AvgIpc) is 3.35. The normalized spacial score (nSPS) is 11.3. The number of hydrogen-bond donors (Lipinski definition) is 0. The van der Waals surface area contributed by atoms with Gasteiger partial charge in [-0.1, -0.05) is 212 Å². The molecule has 1 nitrogen and oxygen atoms in total. The Bertz CT molecular complexity index is 3310. The van der Waals surface area contributed by atoms with Crippen LogP contribution in [0.15, 0.2) is 249 Å². The first kappa shape index (κ1) is 36.1. The minimum atomic E-state index is 1.09. The Morgan fingerprint density at radius 3 is 1.38 bits per heavy atom. The second-order valence-corrected chi connectivity index (χ2v) is 15.7. The zero-order valence-corrected chi connectivity index (χ0v) is 33.6. The lowest BCUT2D eigenvalue weighted by Gasteiger charge is -2.28. The minimum absolute atomic E-state index is 1.09. The van der Waals surface area contributed by atoms with E-state index in [4.69, 9.17) is 0 Å². The summed E-state index contributed by atoms with van der Waals surface area (Å²) in [5.74, 6) is 0. The van der Waals surface area contributed by atoms with Crippen LogP contribution in [0, 0.1) is 0 Å². The highest BCUT2D eigenvalue weighted by Gasteiger charge is 2.19. The monoisotopic (exact) mass is 775 g/mol. The summed E-state index contributed by atoms with van der Waals surface area (Å²) in [7, 11) is 0. The topological polar surface area (TPSA) is 3.24 Å². The van der Waals surface area contributed by atoms with E-state index >= 15 is 0 Å². The predicted octanol–water partition coefficient (Wildman–Crippen LogP) is 17.0. The van der Waals surface area contributed by atoms with Crippen molar-refractivity contribution in [3.05, 3.63) is 249 Å². The number of hydrogen-bond acceptors (Lipinski definition) is 1. The molecule has 0 aliphatic heterocycles. The maximum atomic E-state index is 2.41. The quantitative estimate of drug-likeness (QED) is 0.139. The molecule has 0 atom stereocenters. The second kappa shape index (κ2) is 15.6. The fraction of sp³-hybridized carbons (Fsp3) is 0. The lowest BCUT2D eigenvalue weighted by molar-refractivity contribution is 1.28. The number of fused-ring (bicyclic) bond motifs is 4. The molecule has 11 rings (SSSR count). The van der Waals surface area contributed by atoms with E-state index in [-0.39, 0.29) is 0 Å². The highest BCUT2D eigenvalue weighted by atomic mass is 15.1. The van der Waals surface area contributed by atoms with Gasteiger partial charge in [0, 0.05) is 16.9 Å². The first-order chi connectivity index (χ1) is 30.3. The number of benzene rings is 11. The SMILES string of the molecule is c1ccc(-c2ccc(-c3ccccc3N(c3ccc(-c4ccc5ccccc5c4-c4ccccc4)cc3)c3ccc(-c4cc5ccccc5c5ccccc45)cc3)cc2)cc1. The molecule has 0 fully saturated rings. The molecule has 61 heavy (non-hydrogen) atoms. The van der Waals surface area contributed by atoms with Crippen LogP contribution in [0.1, 0.15) is 0 Å². The third-order valence-corrected chi connectivity index (χ3v) is 12.1. The maximum absolute atomic E-state index is 2.41. The van der Waals surface area contributed by atoms with Gasteiger partial charge in [0.15, 0.2) is 0 Å². The summed E-state index contributed by atoms with van der Waals surface area (Å²) in [6.45, 7) is 0. The van der Waals surface area contributed by atoms with Crippen LogP contribution >= 0.6 is 0 Å². The molecule has 11 aromatic carbocycles. The Morgan fingerprint density at radius 2 is 0.689 bits per heavy atom. The molecule has 0 saturated carbocycles. The van der Waals surface area contributed by atoms with E-state index in [1.54, 1.807) is 0 Å². The summed E-state index contributed by atoms with van der Waals surface area (Å²) in [5.41, 5.74) is 15.3. The Hall–Kier alpha value is -8.00.